The Morgan fingerprint density at radius 1 is 1.50 bits per heavy atom. The molecule has 6 nitrogen and oxygen atoms in total. The molecule has 0 aromatic carbocycles. The maximum Gasteiger partial charge on any atom is 0.303 e. The summed E-state index contributed by atoms with van der Waals surface area (Å²) in [5.74, 6) is 0.0596. The van der Waals surface area contributed by atoms with Crippen molar-refractivity contribution in [3.8, 4) is 0 Å². The van der Waals surface area contributed by atoms with Crippen molar-refractivity contribution in [1.82, 2.24) is 19.9 Å². The first-order valence-corrected chi connectivity index (χ1v) is 5.90. The fraction of sp³-hybridized carbons (Fsp3) is 0.417. The second-order valence-corrected chi connectivity index (χ2v) is 4.26. The summed E-state index contributed by atoms with van der Waals surface area (Å²) in [6.45, 7) is 2.54. The fourth-order valence-corrected chi connectivity index (χ4v) is 1.72. The van der Waals surface area contributed by atoms with Crippen LogP contribution in [0.1, 0.15) is 25.6 Å². The second kappa shape index (κ2) is 5.59. The number of carbonyl (C=O) groups is 1. The van der Waals surface area contributed by atoms with Crippen molar-refractivity contribution in [2.24, 2.45) is 0 Å². The van der Waals surface area contributed by atoms with E-state index in [0.717, 1.165) is 11.5 Å². The number of nitrogens with zero attached hydrogens (tertiary/aromatic N) is 3. The van der Waals surface area contributed by atoms with Crippen LogP contribution in [0, 0.1) is 0 Å². The summed E-state index contributed by atoms with van der Waals surface area (Å²) in [6.07, 6.45) is 2.69. The summed E-state index contributed by atoms with van der Waals surface area (Å²) in [7, 11) is 0. The monoisotopic (exact) mass is 248 g/mol. The van der Waals surface area contributed by atoms with Gasteiger partial charge < -0.3 is 10.4 Å². The lowest BCUT2D eigenvalue weighted by Gasteiger charge is -2.11. The maximum atomic E-state index is 10.5. The van der Waals surface area contributed by atoms with Crippen LogP contribution in [0.2, 0.25) is 0 Å². The average molecular weight is 248 g/mol. The highest BCUT2D eigenvalue weighted by molar-refractivity contribution is 5.66. The highest BCUT2D eigenvalue weighted by Gasteiger charge is 2.08. The smallest absolute Gasteiger partial charge is 0.303 e. The van der Waals surface area contributed by atoms with E-state index >= 15 is 0 Å². The van der Waals surface area contributed by atoms with Gasteiger partial charge >= 0.3 is 5.97 Å². The molecule has 2 aromatic heterocycles. The van der Waals surface area contributed by atoms with Gasteiger partial charge in [-0.25, -0.2) is 0 Å². The predicted octanol–water partition coefficient (Wildman–Crippen LogP) is 1.07. The van der Waals surface area contributed by atoms with Crippen LogP contribution in [-0.4, -0.2) is 31.7 Å². The molecule has 0 spiro atoms. The van der Waals surface area contributed by atoms with Gasteiger partial charge in [-0.3, -0.25) is 9.20 Å². The lowest BCUT2D eigenvalue weighted by Crippen LogP contribution is -2.27. The van der Waals surface area contributed by atoms with Crippen LogP contribution in [-0.2, 0) is 11.3 Å². The summed E-state index contributed by atoms with van der Waals surface area (Å²) in [6, 6.07) is 5.87. The Morgan fingerprint density at radius 2 is 2.33 bits per heavy atom. The number of nitrogens with one attached hydrogen (secondary N) is 1. The summed E-state index contributed by atoms with van der Waals surface area (Å²) < 4.78 is 1.91. The summed E-state index contributed by atoms with van der Waals surface area (Å²) >= 11 is 0. The van der Waals surface area contributed by atoms with E-state index in [2.05, 4.69) is 15.5 Å². The van der Waals surface area contributed by atoms with Crippen molar-refractivity contribution in [2.45, 2.75) is 32.4 Å². The zero-order valence-electron chi connectivity index (χ0n) is 10.2. The van der Waals surface area contributed by atoms with Crippen LogP contribution in [0.5, 0.6) is 0 Å². The van der Waals surface area contributed by atoms with Crippen LogP contribution in [0.15, 0.2) is 24.4 Å². The van der Waals surface area contributed by atoms with E-state index in [9.17, 15) is 4.79 Å². The van der Waals surface area contributed by atoms with E-state index in [-0.39, 0.29) is 12.5 Å². The number of pyridine rings is 1. The van der Waals surface area contributed by atoms with E-state index in [1.54, 1.807) is 0 Å². The minimum Gasteiger partial charge on any atom is -0.481 e. The first-order chi connectivity index (χ1) is 8.66. The standard InChI is InChI=1S/C12H16N4O2/c1-9(5-6-12(17)18)13-8-11-15-14-10-4-2-3-7-16(10)11/h2-4,7,9,13H,5-6,8H2,1H3,(H,17,18). The lowest BCUT2D eigenvalue weighted by atomic mass is 10.2. The molecule has 6 heteroatoms. The predicted molar refractivity (Wildman–Crippen MR) is 66.2 cm³/mol. The molecule has 0 saturated carbocycles. The minimum absolute atomic E-state index is 0.136. The number of fused-ring (bicyclic) bond motifs is 1. The largest absolute Gasteiger partial charge is 0.481 e. The quantitative estimate of drug-likeness (QED) is 0.799. The number of hydrogen-bond donors (Lipinski definition) is 2. The molecule has 96 valence electrons. The van der Waals surface area contributed by atoms with E-state index in [1.165, 1.54) is 0 Å². The van der Waals surface area contributed by atoms with Crippen LogP contribution in [0.4, 0.5) is 0 Å². The maximum absolute atomic E-state index is 10.5. The van der Waals surface area contributed by atoms with Gasteiger partial charge in [-0.1, -0.05) is 6.07 Å². The Bertz CT molecular complexity index is 538. The fourth-order valence-electron chi connectivity index (χ4n) is 1.72. The van der Waals surface area contributed by atoms with E-state index in [1.807, 2.05) is 35.7 Å². The van der Waals surface area contributed by atoms with Crippen molar-refractivity contribution in [3.63, 3.8) is 0 Å². The topological polar surface area (TPSA) is 79.5 Å². The van der Waals surface area contributed by atoms with Crippen molar-refractivity contribution >= 4 is 11.6 Å². The second-order valence-electron chi connectivity index (χ2n) is 4.26. The number of aromatic nitrogens is 3. The van der Waals surface area contributed by atoms with Crippen LogP contribution >= 0.6 is 0 Å². The molecule has 0 bridgehead atoms. The first-order valence-electron chi connectivity index (χ1n) is 5.90. The molecule has 18 heavy (non-hydrogen) atoms. The van der Waals surface area contributed by atoms with Crippen LogP contribution in [0.25, 0.3) is 5.65 Å². The van der Waals surface area contributed by atoms with Crippen LogP contribution in [0.3, 0.4) is 0 Å². The van der Waals surface area contributed by atoms with Gasteiger partial charge in [0.15, 0.2) is 11.5 Å². The summed E-state index contributed by atoms with van der Waals surface area (Å²) in [4.78, 5) is 10.5. The number of hydrogen-bond acceptors (Lipinski definition) is 4. The molecule has 0 saturated heterocycles. The molecular weight excluding hydrogens is 232 g/mol. The molecule has 0 aliphatic rings. The zero-order valence-corrected chi connectivity index (χ0v) is 10.2. The van der Waals surface area contributed by atoms with Crippen LogP contribution < -0.4 is 5.32 Å². The van der Waals surface area contributed by atoms with E-state index < -0.39 is 5.97 Å². The van der Waals surface area contributed by atoms with Crippen molar-refractivity contribution in [2.75, 3.05) is 0 Å². The number of rotatable bonds is 6. The molecule has 0 amide bonds. The first kappa shape index (κ1) is 12.5. The van der Waals surface area contributed by atoms with E-state index in [4.69, 9.17) is 5.11 Å². The third kappa shape index (κ3) is 3.04. The van der Waals surface area contributed by atoms with Crippen molar-refractivity contribution in [1.29, 1.82) is 0 Å². The van der Waals surface area contributed by atoms with Gasteiger partial charge in [0.05, 0.1) is 6.54 Å². The number of carboxylic acid groups (broad SMARTS) is 1. The molecule has 1 atom stereocenters. The number of carboxylic acids is 1. The van der Waals surface area contributed by atoms with E-state index in [0.29, 0.717) is 13.0 Å². The Hall–Kier alpha value is -1.95. The number of aliphatic carboxylic acids is 1. The SMILES string of the molecule is CC(CCC(=O)O)NCc1nnc2ccccn12. The lowest BCUT2D eigenvalue weighted by molar-refractivity contribution is -0.137. The Labute approximate surface area is 105 Å². The van der Waals surface area contributed by atoms with Gasteiger partial charge in [-0.2, -0.15) is 0 Å². The highest BCUT2D eigenvalue weighted by atomic mass is 16.4. The molecule has 0 aliphatic carbocycles. The molecular formula is C12H16N4O2. The molecule has 2 rings (SSSR count). The van der Waals surface area contributed by atoms with Gasteiger partial charge in [-0.05, 0) is 25.5 Å². The van der Waals surface area contributed by atoms with Gasteiger partial charge in [0.2, 0.25) is 0 Å². The Balaban J connectivity index is 1.92. The Kier molecular flexibility index (Phi) is 3.88. The van der Waals surface area contributed by atoms with Gasteiger partial charge in [0.1, 0.15) is 0 Å². The summed E-state index contributed by atoms with van der Waals surface area (Å²) in [5.41, 5.74) is 0.812. The molecule has 0 aliphatic heterocycles. The third-order valence-corrected chi connectivity index (χ3v) is 2.78. The van der Waals surface area contributed by atoms with Crippen molar-refractivity contribution in [3.05, 3.63) is 30.2 Å². The minimum atomic E-state index is -0.767. The molecule has 0 fully saturated rings. The third-order valence-electron chi connectivity index (χ3n) is 2.78. The van der Waals surface area contributed by atoms with Crippen molar-refractivity contribution < 1.29 is 9.90 Å². The van der Waals surface area contributed by atoms with Gasteiger partial charge in [0, 0.05) is 18.7 Å². The van der Waals surface area contributed by atoms with Gasteiger partial charge in [-0.15, -0.1) is 10.2 Å². The summed E-state index contributed by atoms with van der Waals surface area (Å²) in [5, 5.41) is 20.0. The molecule has 0 radical (unpaired) electrons. The molecule has 2 N–H and O–H groups in total. The molecule has 2 heterocycles. The average Bonchev–Trinajstić information content (AvgIpc) is 2.77. The highest BCUT2D eigenvalue weighted by Crippen LogP contribution is 2.03. The normalized spacial score (nSPS) is 12.7. The Morgan fingerprint density at radius 3 is 3.11 bits per heavy atom. The zero-order chi connectivity index (χ0) is 13.0. The molecule has 1 unspecified atom stereocenters. The van der Waals surface area contributed by atoms with Gasteiger partial charge in [0.25, 0.3) is 0 Å². The molecule has 2 aromatic rings.